The minimum Gasteiger partial charge on any atom is -0.354 e. The van der Waals surface area contributed by atoms with Gasteiger partial charge in [-0.3, -0.25) is 9.69 Å². The molecule has 2 rings (SSSR count). The quantitative estimate of drug-likeness (QED) is 0.813. The molecule has 0 aliphatic carbocycles. The van der Waals surface area contributed by atoms with Gasteiger partial charge >= 0.3 is 6.18 Å². The monoisotopic (exact) mass is 279 g/mol. The highest BCUT2D eigenvalue weighted by molar-refractivity contribution is 5.76. The van der Waals surface area contributed by atoms with Crippen LogP contribution in [0.15, 0.2) is 0 Å². The highest BCUT2D eigenvalue weighted by atomic mass is 19.4. The molecule has 0 saturated carbocycles. The summed E-state index contributed by atoms with van der Waals surface area (Å²) in [6.07, 6.45) is -2.19. The van der Waals surface area contributed by atoms with E-state index in [2.05, 4.69) is 10.2 Å². The lowest BCUT2D eigenvalue weighted by atomic mass is 10.1. The van der Waals surface area contributed by atoms with Crippen LogP contribution in [0, 0.1) is 0 Å². The average Bonchev–Trinajstić information content (AvgIpc) is 2.59. The highest BCUT2D eigenvalue weighted by Gasteiger charge is 2.45. The van der Waals surface area contributed by atoms with Gasteiger partial charge in [0.2, 0.25) is 5.91 Å². The van der Waals surface area contributed by atoms with Crippen molar-refractivity contribution in [3.05, 3.63) is 0 Å². The fraction of sp³-hybridized carbons (Fsp3) is 0.917. The van der Waals surface area contributed by atoms with Gasteiger partial charge in [-0.15, -0.1) is 0 Å². The van der Waals surface area contributed by atoms with Crippen LogP contribution in [0.1, 0.15) is 19.3 Å². The predicted octanol–water partition coefficient (Wildman–Crippen LogP) is 0.833. The number of alkyl halides is 3. The van der Waals surface area contributed by atoms with E-state index in [1.807, 2.05) is 7.05 Å². The summed E-state index contributed by atoms with van der Waals surface area (Å²) >= 11 is 0. The van der Waals surface area contributed by atoms with E-state index < -0.39 is 12.2 Å². The predicted molar refractivity (Wildman–Crippen MR) is 64.7 cm³/mol. The summed E-state index contributed by atoms with van der Waals surface area (Å²) in [5.74, 6) is -0.295. The lowest BCUT2D eigenvalue weighted by Gasteiger charge is -2.34. The maximum Gasteiger partial charge on any atom is 0.405 e. The molecule has 0 aromatic rings. The van der Waals surface area contributed by atoms with Gasteiger partial charge in [0.05, 0.1) is 0 Å². The molecule has 2 heterocycles. The first-order chi connectivity index (χ1) is 8.88. The molecule has 19 heavy (non-hydrogen) atoms. The number of nitrogens with one attached hydrogen (secondary N) is 1. The fourth-order valence-electron chi connectivity index (χ4n) is 2.85. The van der Waals surface area contributed by atoms with Crippen LogP contribution in [0.4, 0.5) is 13.2 Å². The highest BCUT2D eigenvalue weighted by Crippen LogP contribution is 2.27. The van der Waals surface area contributed by atoms with Crippen LogP contribution < -0.4 is 5.32 Å². The van der Waals surface area contributed by atoms with Gasteiger partial charge in [0.15, 0.2) is 0 Å². The van der Waals surface area contributed by atoms with Gasteiger partial charge in [0.1, 0.15) is 6.04 Å². The van der Waals surface area contributed by atoms with Crippen molar-refractivity contribution in [2.75, 3.05) is 33.2 Å². The van der Waals surface area contributed by atoms with Crippen molar-refractivity contribution in [1.29, 1.82) is 0 Å². The van der Waals surface area contributed by atoms with Crippen molar-refractivity contribution in [2.45, 2.75) is 37.5 Å². The molecule has 0 bridgehead atoms. The maximum absolute atomic E-state index is 13.1. The molecule has 2 unspecified atom stereocenters. The van der Waals surface area contributed by atoms with Gasteiger partial charge in [-0.25, -0.2) is 0 Å². The lowest BCUT2D eigenvalue weighted by Crippen LogP contribution is -2.53. The normalized spacial score (nSPS) is 31.3. The van der Waals surface area contributed by atoms with Crippen LogP contribution in [-0.2, 0) is 4.79 Å². The number of nitrogens with zero attached hydrogens (tertiary/aromatic N) is 2. The molecular weight excluding hydrogens is 259 g/mol. The molecule has 1 N–H and O–H groups in total. The Morgan fingerprint density at radius 1 is 1.37 bits per heavy atom. The van der Waals surface area contributed by atoms with Crippen molar-refractivity contribution in [3.8, 4) is 0 Å². The number of carbonyl (C=O) groups is 1. The zero-order chi connectivity index (χ0) is 14.0. The average molecular weight is 279 g/mol. The second-order valence-electron chi connectivity index (χ2n) is 5.38. The Hall–Kier alpha value is -0.820. The second-order valence-corrected chi connectivity index (χ2v) is 5.38. The van der Waals surface area contributed by atoms with E-state index in [-0.39, 0.29) is 31.5 Å². The van der Waals surface area contributed by atoms with Crippen LogP contribution >= 0.6 is 0 Å². The third kappa shape index (κ3) is 3.60. The molecule has 0 aromatic heterocycles. The first-order valence-corrected chi connectivity index (χ1v) is 6.65. The van der Waals surface area contributed by atoms with Crippen LogP contribution in [0.2, 0.25) is 0 Å². The topological polar surface area (TPSA) is 35.6 Å². The zero-order valence-electron chi connectivity index (χ0n) is 11.0. The molecule has 2 fully saturated rings. The van der Waals surface area contributed by atoms with Gasteiger partial charge < -0.3 is 10.2 Å². The number of rotatable bonds is 2. The van der Waals surface area contributed by atoms with E-state index in [1.165, 1.54) is 4.90 Å². The molecule has 2 saturated heterocycles. The summed E-state index contributed by atoms with van der Waals surface area (Å²) in [6, 6.07) is -1.40. The van der Waals surface area contributed by atoms with E-state index in [0.717, 1.165) is 19.4 Å². The van der Waals surface area contributed by atoms with Crippen molar-refractivity contribution >= 4 is 5.91 Å². The first-order valence-electron chi connectivity index (χ1n) is 6.65. The van der Waals surface area contributed by atoms with Gasteiger partial charge in [0, 0.05) is 32.1 Å². The van der Waals surface area contributed by atoms with Crippen LogP contribution in [-0.4, -0.2) is 67.2 Å². The molecule has 1 amide bonds. The lowest BCUT2D eigenvalue weighted by molar-refractivity contribution is -0.182. The number of hydrogen-bond acceptors (Lipinski definition) is 3. The number of likely N-dealkylation sites (tertiary alicyclic amines) is 1. The molecular formula is C12H20F3N3O. The van der Waals surface area contributed by atoms with E-state index in [1.54, 1.807) is 0 Å². The van der Waals surface area contributed by atoms with Crippen LogP contribution in [0.5, 0.6) is 0 Å². The number of amides is 1. The smallest absolute Gasteiger partial charge is 0.354 e. The fourth-order valence-corrected chi connectivity index (χ4v) is 2.85. The Bertz CT molecular complexity index is 335. The number of likely N-dealkylation sites (N-methyl/N-ethyl adjacent to an activating group) is 1. The van der Waals surface area contributed by atoms with Crippen molar-refractivity contribution in [3.63, 3.8) is 0 Å². The minimum absolute atomic E-state index is 0.142. The molecule has 0 radical (unpaired) electrons. The summed E-state index contributed by atoms with van der Waals surface area (Å²) in [4.78, 5) is 14.8. The summed E-state index contributed by atoms with van der Waals surface area (Å²) in [7, 11) is 1.95. The molecule has 0 spiro atoms. The van der Waals surface area contributed by atoms with Gasteiger partial charge in [-0.1, -0.05) is 0 Å². The third-order valence-electron chi connectivity index (χ3n) is 4.05. The number of halogens is 3. The van der Waals surface area contributed by atoms with Crippen LogP contribution in [0.3, 0.4) is 0 Å². The number of carbonyl (C=O) groups excluding carboxylic acids is 1. The summed E-state index contributed by atoms with van der Waals surface area (Å²) in [5.41, 5.74) is 0. The van der Waals surface area contributed by atoms with Crippen molar-refractivity contribution < 1.29 is 18.0 Å². The van der Waals surface area contributed by atoms with Crippen molar-refractivity contribution in [2.24, 2.45) is 0 Å². The van der Waals surface area contributed by atoms with Crippen LogP contribution in [0.25, 0.3) is 0 Å². The molecule has 2 aliphatic rings. The molecule has 2 aliphatic heterocycles. The van der Waals surface area contributed by atoms with Gasteiger partial charge in [-0.05, 0) is 26.4 Å². The summed E-state index contributed by atoms with van der Waals surface area (Å²) in [6.45, 7) is 1.17. The van der Waals surface area contributed by atoms with Crippen molar-refractivity contribution in [1.82, 2.24) is 15.1 Å². The Labute approximate surface area is 110 Å². The number of hydrogen-bond donors (Lipinski definition) is 1. The molecule has 110 valence electrons. The SMILES string of the molecule is CN1CCCC1CN1CCC(=O)NCC1C(F)(F)F. The Balaban J connectivity index is 2.06. The van der Waals surface area contributed by atoms with Gasteiger partial charge in [-0.2, -0.15) is 13.2 Å². The molecule has 4 nitrogen and oxygen atoms in total. The summed E-state index contributed by atoms with van der Waals surface area (Å²) < 4.78 is 39.2. The standard InChI is InChI=1S/C12H20F3N3O/c1-17-5-2-3-9(17)8-18-6-4-11(19)16-7-10(18)12(13,14)15/h9-10H,2-8H2,1H3,(H,16,19). The first kappa shape index (κ1) is 14.6. The Morgan fingerprint density at radius 3 is 2.68 bits per heavy atom. The van der Waals surface area contributed by atoms with Gasteiger partial charge in [0.25, 0.3) is 0 Å². The van der Waals surface area contributed by atoms with E-state index in [4.69, 9.17) is 0 Å². The largest absolute Gasteiger partial charge is 0.405 e. The minimum atomic E-state index is -4.30. The molecule has 7 heteroatoms. The van der Waals surface area contributed by atoms with E-state index in [9.17, 15) is 18.0 Å². The molecule has 0 aromatic carbocycles. The maximum atomic E-state index is 13.1. The third-order valence-corrected chi connectivity index (χ3v) is 4.05. The Kier molecular flexibility index (Phi) is 4.35. The molecule has 2 atom stereocenters. The Morgan fingerprint density at radius 2 is 2.11 bits per heavy atom. The van der Waals surface area contributed by atoms with E-state index >= 15 is 0 Å². The zero-order valence-corrected chi connectivity index (χ0v) is 11.0. The second kappa shape index (κ2) is 5.66. The van der Waals surface area contributed by atoms with E-state index in [0.29, 0.717) is 6.54 Å². The summed E-state index contributed by atoms with van der Waals surface area (Å²) in [5, 5.41) is 2.35.